The van der Waals surface area contributed by atoms with Gasteiger partial charge in [-0.15, -0.1) is 0 Å². The number of halogens is 3. The van der Waals surface area contributed by atoms with Gasteiger partial charge in [0.15, 0.2) is 0 Å². The fraction of sp³-hybridized carbons (Fsp3) is 0.432. The topological polar surface area (TPSA) is 166 Å². The van der Waals surface area contributed by atoms with E-state index >= 15 is 0 Å². The van der Waals surface area contributed by atoms with Crippen molar-refractivity contribution >= 4 is 52.8 Å². The predicted octanol–water partition coefficient (Wildman–Crippen LogP) is 6.03. The summed E-state index contributed by atoms with van der Waals surface area (Å²) >= 11 is 1.89. The number of carbonyl (C=O) groups is 4. The number of nitrogens with one attached hydrogen (secondary N) is 6. The number of fused-ring (bicyclic) bond motifs is 1. The number of piperidine rings is 1. The van der Waals surface area contributed by atoms with Crippen molar-refractivity contribution in [3.8, 4) is 11.5 Å². The number of aromatic nitrogens is 1. The first kappa shape index (κ1) is 38.7. The molecule has 0 aliphatic carbocycles. The molecular formula is C37H43F3N8O5S. The van der Waals surface area contributed by atoms with Crippen molar-refractivity contribution in [2.24, 2.45) is 5.92 Å². The standard InChI is InChI=1S/C37H43F3N8O5S/c38-37(39,40)24-4-3-5-26(18-24)44-35(51)43-25-8-10-27(11-9-25)53-28-12-13-31(41-20-28)46-33(50)21-48-16-14-23(15-17-48)19-42-32(49)7-2-1-6-30-34-29(22-54-30)45-36(52)47-34/h3-5,8-13,18,20,23,29-30,34H,1-2,6-7,14-17,19,21-22H2,(H,42,49)(H,41,46,50)(H2,43,44,51)(H2,45,47,52)/t29-,30+,34-/m1/s1. The van der Waals surface area contributed by atoms with Crippen molar-refractivity contribution < 1.29 is 37.1 Å². The van der Waals surface area contributed by atoms with Crippen LogP contribution in [0, 0.1) is 5.92 Å². The van der Waals surface area contributed by atoms with Crippen LogP contribution >= 0.6 is 11.8 Å². The van der Waals surface area contributed by atoms with Gasteiger partial charge >= 0.3 is 18.2 Å². The van der Waals surface area contributed by atoms with E-state index < -0.39 is 17.8 Å². The summed E-state index contributed by atoms with van der Waals surface area (Å²) in [7, 11) is 0. The lowest BCUT2D eigenvalue weighted by atomic mass is 9.96. The van der Waals surface area contributed by atoms with Gasteiger partial charge in [-0.1, -0.05) is 12.5 Å². The Hall–Kier alpha value is -5.03. The second kappa shape index (κ2) is 17.9. The number of benzene rings is 2. The van der Waals surface area contributed by atoms with Crippen LogP contribution in [0.5, 0.6) is 11.5 Å². The molecule has 54 heavy (non-hydrogen) atoms. The highest BCUT2D eigenvalue weighted by atomic mass is 32.2. The van der Waals surface area contributed by atoms with E-state index in [4.69, 9.17) is 4.74 Å². The second-order valence-corrected chi connectivity index (χ2v) is 14.9. The molecule has 6 rings (SSSR count). The number of carbonyl (C=O) groups excluding carboxylic acids is 4. The van der Waals surface area contributed by atoms with Crippen LogP contribution in [0.15, 0.2) is 66.9 Å². The number of nitrogens with zero attached hydrogens (tertiary/aromatic N) is 2. The first-order chi connectivity index (χ1) is 26.0. The number of ether oxygens (including phenoxy) is 1. The maximum atomic E-state index is 12.9. The highest BCUT2D eigenvalue weighted by Crippen LogP contribution is 2.33. The third kappa shape index (κ3) is 11.2. The van der Waals surface area contributed by atoms with E-state index in [0.29, 0.717) is 47.1 Å². The fourth-order valence-corrected chi connectivity index (χ4v) is 8.22. The highest BCUT2D eigenvalue weighted by Gasteiger charge is 2.42. The molecule has 3 fully saturated rings. The average molecular weight is 769 g/mol. The van der Waals surface area contributed by atoms with Crippen LogP contribution in [0.3, 0.4) is 0 Å². The lowest BCUT2D eigenvalue weighted by molar-refractivity contribution is -0.137. The molecule has 0 unspecified atom stereocenters. The molecule has 1 aromatic heterocycles. The summed E-state index contributed by atoms with van der Waals surface area (Å²) < 4.78 is 44.6. The summed E-state index contributed by atoms with van der Waals surface area (Å²) in [5.41, 5.74) is -0.464. The van der Waals surface area contributed by atoms with Crippen LogP contribution in [-0.4, -0.2) is 83.0 Å². The van der Waals surface area contributed by atoms with Crippen molar-refractivity contribution in [1.82, 2.24) is 25.8 Å². The van der Waals surface area contributed by atoms with Gasteiger partial charge < -0.3 is 36.6 Å². The normalized spacial score (nSPS) is 20.0. The van der Waals surface area contributed by atoms with E-state index in [2.05, 4.69) is 41.8 Å². The molecule has 0 spiro atoms. The predicted molar refractivity (Wildman–Crippen MR) is 200 cm³/mol. The minimum absolute atomic E-state index is 0.00438. The Morgan fingerprint density at radius 3 is 2.41 bits per heavy atom. The SMILES string of the molecule is O=C(CCCC[C@@H]1SC[C@H]2NC(=O)N[C@@H]12)NCC1CCN(CC(=O)Nc2ccc(Oc3ccc(NC(=O)Nc4cccc(C(F)(F)F)c4)cc3)cn2)CC1. The van der Waals surface area contributed by atoms with E-state index in [1.54, 1.807) is 36.4 Å². The molecular weight excluding hydrogens is 726 g/mol. The largest absolute Gasteiger partial charge is 0.456 e. The second-order valence-electron chi connectivity index (χ2n) is 13.6. The number of hydrogen-bond donors (Lipinski definition) is 6. The van der Waals surface area contributed by atoms with Crippen LogP contribution in [0.25, 0.3) is 0 Å². The van der Waals surface area contributed by atoms with Gasteiger partial charge in [-0.2, -0.15) is 24.9 Å². The number of likely N-dealkylation sites (tertiary alicyclic amines) is 1. The molecule has 3 aliphatic heterocycles. The number of hydrogen-bond acceptors (Lipinski definition) is 8. The molecule has 3 atom stereocenters. The zero-order chi connectivity index (χ0) is 38.1. The van der Waals surface area contributed by atoms with Gasteiger partial charge in [0.25, 0.3) is 0 Å². The minimum Gasteiger partial charge on any atom is -0.456 e. The van der Waals surface area contributed by atoms with Crippen LogP contribution in [0.2, 0.25) is 0 Å². The fourth-order valence-electron chi connectivity index (χ4n) is 6.68. The smallest absolute Gasteiger partial charge is 0.416 e. The number of anilines is 3. The van der Waals surface area contributed by atoms with Crippen LogP contribution < -0.4 is 36.6 Å². The maximum Gasteiger partial charge on any atom is 0.416 e. The zero-order valence-electron chi connectivity index (χ0n) is 29.4. The Morgan fingerprint density at radius 1 is 0.907 bits per heavy atom. The summed E-state index contributed by atoms with van der Waals surface area (Å²) in [6, 6.07) is 13.6. The number of amides is 6. The van der Waals surface area contributed by atoms with Crippen molar-refractivity contribution in [3.63, 3.8) is 0 Å². The van der Waals surface area contributed by atoms with Crippen molar-refractivity contribution in [2.75, 3.05) is 47.9 Å². The first-order valence-corrected chi connectivity index (χ1v) is 19.0. The molecule has 3 saturated heterocycles. The molecule has 0 radical (unpaired) electrons. The van der Waals surface area contributed by atoms with E-state index in [1.807, 2.05) is 11.8 Å². The molecule has 288 valence electrons. The third-order valence-electron chi connectivity index (χ3n) is 9.54. The Labute approximate surface area is 314 Å². The zero-order valence-corrected chi connectivity index (χ0v) is 30.2. The van der Waals surface area contributed by atoms with Crippen molar-refractivity contribution in [1.29, 1.82) is 0 Å². The molecule has 17 heteroatoms. The van der Waals surface area contributed by atoms with Crippen molar-refractivity contribution in [2.45, 2.75) is 62.0 Å². The summed E-state index contributed by atoms with van der Waals surface area (Å²) in [6.45, 7) is 2.39. The van der Waals surface area contributed by atoms with Gasteiger partial charge in [0, 0.05) is 35.3 Å². The number of pyridine rings is 1. The molecule has 6 N–H and O–H groups in total. The monoisotopic (exact) mass is 768 g/mol. The first-order valence-electron chi connectivity index (χ1n) is 17.9. The summed E-state index contributed by atoms with van der Waals surface area (Å²) in [5, 5.41) is 17.2. The maximum absolute atomic E-state index is 12.9. The van der Waals surface area contributed by atoms with Gasteiger partial charge in [0.05, 0.1) is 30.4 Å². The highest BCUT2D eigenvalue weighted by molar-refractivity contribution is 8.00. The van der Waals surface area contributed by atoms with Crippen molar-refractivity contribution in [3.05, 3.63) is 72.4 Å². The van der Waals surface area contributed by atoms with Crippen LogP contribution in [0.4, 0.5) is 40.0 Å². The lowest BCUT2D eigenvalue weighted by Gasteiger charge is -2.31. The van der Waals surface area contributed by atoms with E-state index in [9.17, 15) is 32.3 Å². The summed E-state index contributed by atoms with van der Waals surface area (Å²) in [6.07, 6.45) is 2.02. The van der Waals surface area contributed by atoms with Crippen LogP contribution in [0.1, 0.15) is 44.1 Å². The Balaban J connectivity index is 0.830. The molecule has 6 amide bonds. The number of rotatable bonds is 14. The summed E-state index contributed by atoms with van der Waals surface area (Å²) in [4.78, 5) is 55.3. The number of thioether (sulfide) groups is 1. The van der Waals surface area contributed by atoms with E-state index in [0.717, 1.165) is 63.1 Å². The number of urea groups is 2. The van der Waals surface area contributed by atoms with Gasteiger partial charge in [-0.05, 0) is 99.3 Å². The minimum atomic E-state index is -4.52. The molecule has 13 nitrogen and oxygen atoms in total. The molecule has 3 aromatic rings. The molecule has 2 aromatic carbocycles. The van der Waals surface area contributed by atoms with Gasteiger partial charge in [-0.3, -0.25) is 14.5 Å². The third-order valence-corrected chi connectivity index (χ3v) is 11.1. The van der Waals surface area contributed by atoms with Gasteiger partial charge in [0.1, 0.15) is 17.3 Å². The van der Waals surface area contributed by atoms with E-state index in [-0.39, 0.29) is 42.2 Å². The molecule has 0 bridgehead atoms. The quantitative estimate of drug-likeness (QED) is 0.0855. The van der Waals surface area contributed by atoms with Crippen LogP contribution in [-0.2, 0) is 15.8 Å². The average Bonchev–Trinajstić information content (AvgIpc) is 3.70. The molecule has 4 heterocycles. The number of alkyl halides is 3. The van der Waals surface area contributed by atoms with E-state index in [1.165, 1.54) is 18.3 Å². The summed E-state index contributed by atoms with van der Waals surface area (Å²) in [5.74, 6) is 2.46. The Morgan fingerprint density at radius 2 is 1.67 bits per heavy atom. The van der Waals surface area contributed by atoms with Gasteiger partial charge in [-0.25, -0.2) is 14.6 Å². The lowest BCUT2D eigenvalue weighted by Crippen LogP contribution is -2.41. The Bertz CT molecular complexity index is 1770. The molecule has 0 saturated carbocycles. The van der Waals surface area contributed by atoms with Gasteiger partial charge in [0.2, 0.25) is 11.8 Å². The molecule has 3 aliphatic rings. The number of unbranched alkanes of at least 4 members (excludes halogenated alkanes) is 1. The Kier molecular flexibility index (Phi) is 12.8.